The average molecular weight is 414 g/mol. The van der Waals surface area contributed by atoms with Gasteiger partial charge >= 0.3 is 0 Å². The van der Waals surface area contributed by atoms with Crippen molar-refractivity contribution in [2.24, 2.45) is 0 Å². The van der Waals surface area contributed by atoms with Crippen LogP contribution < -0.4 is 9.64 Å². The highest BCUT2D eigenvalue weighted by Gasteiger charge is 2.23. The van der Waals surface area contributed by atoms with E-state index in [0.717, 1.165) is 53.0 Å². The summed E-state index contributed by atoms with van der Waals surface area (Å²) in [4.78, 5) is 22.8. The Labute approximate surface area is 173 Å². The van der Waals surface area contributed by atoms with Gasteiger partial charge in [0.15, 0.2) is 5.13 Å². The Morgan fingerprint density at radius 3 is 2.64 bits per heavy atom. The van der Waals surface area contributed by atoms with Crippen LogP contribution in [0.15, 0.2) is 53.4 Å². The van der Waals surface area contributed by atoms with Crippen LogP contribution in [0.3, 0.4) is 0 Å². The highest BCUT2D eigenvalue weighted by Crippen LogP contribution is 2.34. The summed E-state index contributed by atoms with van der Waals surface area (Å²) in [6.07, 6.45) is 0.581. The zero-order chi connectivity index (χ0) is 19.3. The average Bonchev–Trinajstić information content (AvgIpc) is 3.19. The first-order valence-corrected chi connectivity index (χ1v) is 11.2. The van der Waals surface area contributed by atoms with Crippen molar-refractivity contribution in [3.63, 3.8) is 0 Å². The van der Waals surface area contributed by atoms with Crippen molar-refractivity contribution in [3.8, 4) is 5.75 Å². The largest absolute Gasteiger partial charge is 0.494 e. The van der Waals surface area contributed by atoms with Crippen molar-refractivity contribution in [1.82, 2.24) is 9.88 Å². The van der Waals surface area contributed by atoms with Gasteiger partial charge in [-0.15, -0.1) is 11.8 Å². The minimum Gasteiger partial charge on any atom is -0.494 e. The number of thioether (sulfide) groups is 1. The van der Waals surface area contributed by atoms with Crippen LogP contribution in [0.5, 0.6) is 5.75 Å². The molecule has 0 bridgehead atoms. The van der Waals surface area contributed by atoms with Crippen molar-refractivity contribution in [1.29, 1.82) is 0 Å². The smallest absolute Gasteiger partial charge is 0.223 e. The highest BCUT2D eigenvalue weighted by atomic mass is 32.2. The molecule has 0 atom stereocenters. The molecule has 0 N–H and O–H groups in total. The number of ether oxygens (including phenoxy) is 1. The Hall–Kier alpha value is -2.25. The van der Waals surface area contributed by atoms with Crippen molar-refractivity contribution < 1.29 is 9.53 Å². The molecule has 7 heteroatoms. The second kappa shape index (κ2) is 8.84. The number of piperazine rings is 1. The Morgan fingerprint density at radius 2 is 1.89 bits per heavy atom. The van der Waals surface area contributed by atoms with Gasteiger partial charge in [-0.2, -0.15) is 0 Å². The van der Waals surface area contributed by atoms with E-state index >= 15 is 0 Å². The molecule has 0 spiro atoms. The van der Waals surface area contributed by atoms with Crippen molar-refractivity contribution in [2.45, 2.75) is 11.3 Å². The third-order valence-corrected chi connectivity index (χ3v) is 6.92. The van der Waals surface area contributed by atoms with E-state index in [1.165, 1.54) is 4.90 Å². The van der Waals surface area contributed by atoms with Gasteiger partial charge in [0, 0.05) is 43.2 Å². The Balaban J connectivity index is 1.30. The number of thiazole rings is 1. The standard InChI is InChI=1S/C21H23N3O2S2/c1-26-17-8-5-9-18-20(17)22-21(28-18)24-13-11-23(12-14-24)19(25)10-15-27-16-6-3-2-4-7-16/h2-9H,10-15H2,1H3. The Bertz CT molecular complexity index is 937. The number of hydrogen-bond acceptors (Lipinski definition) is 6. The van der Waals surface area contributed by atoms with Crippen LogP contribution in [0, 0.1) is 0 Å². The molecule has 0 saturated carbocycles. The number of para-hydroxylation sites is 1. The summed E-state index contributed by atoms with van der Waals surface area (Å²) >= 11 is 3.42. The van der Waals surface area contributed by atoms with E-state index in [4.69, 9.17) is 9.72 Å². The molecule has 0 unspecified atom stereocenters. The highest BCUT2D eigenvalue weighted by molar-refractivity contribution is 7.99. The van der Waals surface area contributed by atoms with Crippen molar-refractivity contribution in [2.75, 3.05) is 43.9 Å². The van der Waals surface area contributed by atoms with Crippen LogP contribution >= 0.6 is 23.1 Å². The van der Waals surface area contributed by atoms with Gasteiger partial charge < -0.3 is 14.5 Å². The number of nitrogens with zero attached hydrogens (tertiary/aromatic N) is 3. The molecule has 4 rings (SSSR count). The van der Waals surface area contributed by atoms with Crippen LogP contribution in [0.4, 0.5) is 5.13 Å². The van der Waals surface area contributed by atoms with Crippen LogP contribution in [0.2, 0.25) is 0 Å². The first-order chi connectivity index (χ1) is 13.7. The number of methoxy groups -OCH3 is 1. The van der Waals surface area contributed by atoms with Crippen LogP contribution in [-0.4, -0.2) is 54.8 Å². The Morgan fingerprint density at radius 1 is 1.11 bits per heavy atom. The molecule has 3 aromatic rings. The van der Waals surface area contributed by atoms with E-state index in [1.807, 2.05) is 35.2 Å². The molecule has 1 aliphatic rings. The van der Waals surface area contributed by atoms with Gasteiger partial charge in [0.2, 0.25) is 5.91 Å². The summed E-state index contributed by atoms with van der Waals surface area (Å²) in [7, 11) is 1.67. The number of benzene rings is 2. The lowest BCUT2D eigenvalue weighted by atomic mass is 10.3. The molecule has 28 heavy (non-hydrogen) atoms. The van der Waals surface area contributed by atoms with E-state index in [9.17, 15) is 4.79 Å². The van der Waals surface area contributed by atoms with Gasteiger partial charge in [0.25, 0.3) is 0 Å². The molecule has 2 aromatic carbocycles. The molecule has 146 valence electrons. The number of anilines is 1. The van der Waals surface area contributed by atoms with Gasteiger partial charge in [0.05, 0.1) is 11.8 Å². The van der Waals surface area contributed by atoms with Gasteiger partial charge in [-0.05, 0) is 24.3 Å². The van der Waals surface area contributed by atoms with Crippen molar-refractivity contribution in [3.05, 3.63) is 48.5 Å². The quantitative estimate of drug-likeness (QED) is 0.569. The number of carbonyl (C=O) groups is 1. The molecule has 2 heterocycles. The molecular weight excluding hydrogens is 390 g/mol. The van der Waals surface area contributed by atoms with Gasteiger partial charge in [-0.3, -0.25) is 4.79 Å². The third kappa shape index (κ3) is 4.25. The maximum absolute atomic E-state index is 12.5. The van der Waals surface area contributed by atoms with Crippen LogP contribution in [0.25, 0.3) is 10.2 Å². The monoisotopic (exact) mass is 413 g/mol. The number of fused-ring (bicyclic) bond motifs is 1. The second-order valence-electron chi connectivity index (χ2n) is 6.58. The van der Waals surface area contributed by atoms with Gasteiger partial charge in [-0.1, -0.05) is 35.6 Å². The molecule has 5 nitrogen and oxygen atoms in total. The molecule has 1 amide bonds. The number of hydrogen-bond donors (Lipinski definition) is 0. The molecule has 0 radical (unpaired) electrons. The van der Waals surface area contributed by atoms with Crippen LogP contribution in [0.1, 0.15) is 6.42 Å². The summed E-state index contributed by atoms with van der Waals surface area (Å²) in [5, 5.41) is 1.01. The van der Waals surface area contributed by atoms with E-state index in [1.54, 1.807) is 30.2 Å². The van der Waals surface area contributed by atoms with E-state index < -0.39 is 0 Å². The normalized spacial score (nSPS) is 14.5. The molecule has 1 aliphatic heterocycles. The summed E-state index contributed by atoms with van der Waals surface area (Å²) < 4.78 is 6.55. The topological polar surface area (TPSA) is 45.7 Å². The van der Waals surface area contributed by atoms with Gasteiger partial charge in [-0.25, -0.2) is 4.98 Å². The summed E-state index contributed by atoms with van der Waals surface area (Å²) in [6.45, 7) is 3.14. The number of aromatic nitrogens is 1. The number of carbonyl (C=O) groups excluding carboxylic acids is 1. The number of amides is 1. The minimum atomic E-state index is 0.244. The maximum atomic E-state index is 12.5. The molecular formula is C21H23N3O2S2. The lowest BCUT2D eigenvalue weighted by Gasteiger charge is -2.34. The maximum Gasteiger partial charge on any atom is 0.223 e. The molecule has 1 fully saturated rings. The van der Waals surface area contributed by atoms with Crippen LogP contribution in [-0.2, 0) is 4.79 Å². The zero-order valence-electron chi connectivity index (χ0n) is 15.8. The lowest BCUT2D eigenvalue weighted by Crippen LogP contribution is -2.48. The van der Waals surface area contributed by atoms with E-state index in [0.29, 0.717) is 6.42 Å². The fourth-order valence-corrected chi connectivity index (χ4v) is 5.19. The SMILES string of the molecule is COc1cccc2sc(N3CCN(C(=O)CCSc4ccccc4)CC3)nc12. The lowest BCUT2D eigenvalue weighted by molar-refractivity contribution is -0.131. The fraction of sp³-hybridized carbons (Fsp3) is 0.333. The first kappa shape index (κ1) is 19.1. The molecule has 0 aliphatic carbocycles. The number of rotatable bonds is 6. The predicted octanol–water partition coefficient (Wildman–Crippen LogP) is 4.14. The van der Waals surface area contributed by atoms with E-state index in [2.05, 4.69) is 23.1 Å². The molecule has 1 aromatic heterocycles. The fourth-order valence-electron chi connectivity index (χ4n) is 3.29. The van der Waals surface area contributed by atoms with Gasteiger partial charge in [0.1, 0.15) is 11.3 Å². The minimum absolute atomic E-state index is 0.244. The molecule has 1 saturated heterocycles. The van der Waals surface area contributed by atoms with E-state index in [-0.39, 0.29) is 5.91 Å². The summed E-state index contributed by atoms with van der Waals surface area (Å²) in [6, 6.07) is 16.2. The second-order valence-corrected chi connectivity index (χ2v) is 8.76. The first-order valence-electron chi connectivity index (χ1n) is 9.39. The third-order valence-electron chi connectivity index (χ3n) is 4.82. The van der Waals surface area contributed by atoms with Crippen molar-refractivity contribution >= 4 is 44.4 Å². The summed E-state index contributed by atoms with van der Waals surface area (Å²) in [5.74, 6) is 1.87. The summed E-state index contributed by atoms with van der Waals surface area (Å²) in [5.41, 5.74) is 0.918. The Kier molecular flexibility index (Phi) is 6.02. The predicted molar refractivity (Wildman–Crippen MR) is 117 cm³/mol. The zero-order valence-corrected chi connectivity index (χ0v) is 17.5.